The zero-order chi connectivity index (χ0) is 16.7. The summed E-state index contributed by atoms with van der Waals surface area (Å²) < 4.78 is 5.73. The number of anilines is 1. The van der Waals surface area contributed by atoms with Crippen LogP contribution in [0, 0.1) is 0 Å². The second kappa shape index (κ2) is 8.05. The number of carbonyl (C=O) groups excluding carboxylic acids is 2. The molecule has 3 amide bonds. The number of hydrogen-bond donors (Lipinski definition) is 3. The first kappa shape index (κ1) is 16.6. The van der Waals surface area contributed by atoms with Crippen LogP contribution in [0.3, 0.4) is 0 Å². The number of amides is 3. The standard InChI is InChI=1S/C16H16ClN3O3/c1-18-15(21)10-19-16(22)20-12-7-3-5-9-14(12)23-13-8-4-2-6-11(13)17/h2-9H,10H2,1H3,(H,18,21)(H2,19,20,22). The number of nitrogens with one attached hydrogen (secondary N) is 3. The van der Waals surface area contributed by atoms with Crippen LogP contribution in [0.2, 0.25) is 5.02 Å². The SMILES string of the molecule is CNC(=O)CNC(=O)Nc1ccccc1Oc1ccccc1Cl. The molecule has 0 saturated heterocycles. The number of ether oxygens (including phenoxy) is 1. The number of carbonyl (C=O) groups is 2. The van der Waals surface area contributed by atoms with Gasteiger partial charge in [-0.15, -0.1) is 0 Å². The van der Waals surface area contributed by atoms with Crippen molar-refractivity contribution >= 4 is 29.2 Å². The first-order valence-corrected chi connectivity index (χ1v) is 7.25. The summed E-state index contributed by atoms with van der Waals surface area (Å²) in [6, 6.07) is 13.5. The molecule has 2 rings (SSSR count). The number of benzene rings is 2. The molecule has 0 aliphatic carbocycles. The molecule has 0 aliphatic heterocycles. The van der Waals surface area contributed by atoms with Gasteiger partial charge in [-0.05, 0) is 24.3 Å². The van der Waals surface area contributed by atoms with Gasteiger partial charge >= 0.3 is 6.03 Å². The average Bonchev–Trinajstić information content (AvgIpc) is 2.56. The summed E-state index contributed by atoms with van der Waals surface area (Å²) >= 11 is 6.06. The van der Waals surface area contributed by atoms with Crippen molar-refractivity contribution in [1.29, 1.82) is 0 Å². The molecule has 2 aromatic carbocycles. The topological polar surface area (TPSA) is 79.5 Å². The van der Waals surface area contributed by atoms with Gasteiger partial charge in [0.2, 0.25) is 5.91 Å². The van der Waals surface area contributed by atoms with Gasteiger partial charge in [-0.1, -0.05) is 35.9 Å². The fraction of sp³-hybridized carbons (Fsp3) is 0.125. The lowest BCUT2D eigenvalue weighted by molar-refractivity contribution is -0.119. The van der Waals surface area contributed by atoms with E-state index < -0.39 is 6.03 Å². The maximum atomic E-state index is 11.8. The lowest BCUT2D eigenvalue weighted by Gasteiger charge is -2.13. The zero-order valence-electron chi connectivity index (χ0n) is 12.4. The lowest BCUT2D eigenvalue weighted by atomic mass is 10.3. The number of hydrogen-bond acceptors (Lipinski definition) is 3. The number of urea groups is 1. The predicted octanol–water partition coefficient (Wildman–Crippen LogP) is 3.00. The largest absolute Gasteiger partial charge is 0.454 e. The zero-order valence-corrected chi connectivity index (χ0v) is 13.2. The molecule has 0 spiro atoms. The molecular formula is C16H16ClN3O3. The maximum Gasteiger partial charge on any atom is 0.319 e. The van der Waals surface area contributed by atoms with Gasteiger partial charge in [0, 0.05) is 7.05 Å². The van der Waals surface area contributed by atoms with Crippen LogP contribution in [0.15, 0.2) is 48.5 Å². The third-order valence-corrected chi connectivity index (χ3v) is 3.19. The van der Waals surface area contributed by atoms with Crippen LogP contribution in [-0.4, -0.2) is 25.5 Å². The Morgan fingerprint density at radius 2 is 1.70 bits per heavy atom. The van der Waals surface area contributed by atoms with E-state index in [0.29, 0.717) is 22.2 Å². The van der Waals surface area contributed by atoms with Crippen molar-refractivity contribution in [2.24, 2.45) is 0 Å². The molecule has 0 bridgehead atoms. The summed E-state index contributed by atoms with van der Waals surface area (Å²) in [4.78, 5) is 22.9. The Morgan fingerprint density at radius 3 is 2.39 bits per heavy atom. The van der Waals surface area contributed by atoms with E-state index in [4.69, 9.17) is 16.3 Å². The molecule has 6 nitrogen and oxygen atoms in total. The van der Waals surface area contributed by atoms with Crippen molar-refractivity contribution < 1.29 is 14.3 Å². The van der Waals surface area contributed by atoms with Crippen LogP contribution in [0.25, 0.3) is 0 Å². The molecule has 0 aromatic heterocycles. The summed E-state index contributed by atoms with van der Waals surface area (Å²) in [5, 5.41) is 7.95. The van der Waals surface area contributed by atoms with Gasteiger partial charge in [0.25, 0.3) is 0 Å². The monoisotopic (exact) mass is 333 g/mol. The molecule has 23 heavy (non-hydrogen) atoms. The van der Waals surface area contributed by atoms with Crippen molar-refractivity contribution in [2.45, 2.75) is 0 Å². The molecular weight excluding hydrogens is 318 g/mol. The Labute approximate surface area is 138 Å². The Morgan fingerprint density at radius 1 is 1.04 bits per heavy atom. The normalized spacial score (nSPS) is 9.83. The average molecular weight is 334 g/mol. The van der Waals surface area contributed by atoms with Crippen LogP contribution in [0.4, 0.5) is 10.5 Å². The number of para-hydroxylation sites is 3. The summed E-state index contributed by atoms with van der Waals surface area (Å²) in [5.41, 5.74) is 0.460. The van der Waals surface area contributed by atoms with E-state index in [0.717, 1.165) is 0 Å². The van der Waals surface area contributed by atoms with E-state index in [1.165, 1.54) is 7.05 Å². The summed E-state index contributed by atoms with van der Waals surface area (Å²) in [5.74, 6) is 0.630. The highest BCUT2D eigenvalue weighted by atomic mass is 35.5. The minimum atomic E-state index is -0.510. The van der Waals surface area contributed by atoms with E-state index >= 15 is 0 Å². The van der Waals surface area contributed by atoms with E-state index in [1.807, 2.05) is 0 Å². The van der Waals surface area contributed by atoms with E-state index in [-0.39, 0.29) is 12.5 Å². The van der Waals surface area contributed by atoms with Gasteiger partial charge in [0.1, 0.15) is 5.75 Å². The second-order valence-electron chi connectivity index (χ2n) is 4.51. The molecule has 0 radical (unpaired) electrons. The van der Waals surface area contributed by atoms with Crippen molar-refractivity contribution in [3.05, 3.63) is 53.6 Å². The second-order valence-corrected chi connectivity index (χ2v) is 4.92. The Bertz CT molecular complexity index is 706. The van der Waals surface area contributed by atoms with Crippen LogP contribution in [0.1, 0.15) is 0 Å². The highest BCUT2D eigenvalue weighted by molar-refractivity contribution is 6.32. The van der Waals surface area contributed by atoms with Crippen molar-refractivity contribution in [3.8, 4) is 11.5 Å². The van der Waals surface area contributed by atoms with E-state index in [1.54, 1.807) is 48.5 Å². The van der Waals surface area contributed by atoms with E-state index in [2.05, 4.69) is 16.0 Å². The maximum absolute atomic E-state index is 11.8. The third-order valence-electron chi connectivity index (χ3n) is 2.88. The lowest BCUT2D eigenvalue weighted by Crippen LogP contribution is -2.37. The molecule has 2 aromatic rings. The van der Waals surface area contributed by atoms with E-state index in [9.17, 15) is 9.59 Å². The van der Waals surface area contributed by atoms with Crippen LogP contribution >= 0.6 is 11.6 Å². The predicted molar refractivity (Wildman–Crippen MR) is 89.1 cm³/mol. The first-order valence-electron chi connectivity index (χ1n) is 6.87. The minimum absolute atomic E-state index is 0.115. The molecule has 0 atom stereocenters. The van der Waals surface area contributed by atoms with Crippen molar-refractivity contribution in [2.75, 3.05) is 18.9 Å². The Balaban J connectivity index is 2.07. The van der Waals surface area contributed by atoms with Gasteiger partial charge in [-0.25, -0.2) is 4.79 Å². The molecule has 0 heterocycles. The molecule has 0 unspecified atom stereocenters. The summed E-state index contributed by atoms with van der Waals surface area (Å²) in [6.07, 6.45) is 0. The Hall–Kier alpha value is -2.73. The van der Waals surface area contributed by atoms with Gasteiger partial charge in [-0.2, -0.15) is 0 Å². The first-order chi connectivity index (χ1) is 11.1. The van der Waals surface area contributed by atoms with Crippen LogP contribution < -0.4 is 20.7 Å². The Kier molecular flexibility index (Phi) is 5.82. The molecule has 3 N–H and O–H groups in total. The fourth-order valence-electron chi connectivity index (χ4n) is 1.72. The number of rotatable bonds is 5. The van der Waals surface area contributed by atoms with Gasteiger partial charge in [0.05, 0.1) is 17.3 Å². The molecule has 7 heteroatoms. The van der Waals surface area contributed by atoms with Crippen LogP contribution in [-0.2, 0) is 4.79 Å². The molecule has 0 fully saturated rings. The fourth-order valence-corrected chi connectivity index (χ4v) is 1.89. The van der Waals surface area contributed by atoms with Gasteiger partial charge in [-0.3, -0.25) is 4.79 Å². The third kappa shape index (κ3) is 4.89. The molecule has 0 saturated carbocycles. The summed E-state index contributed by atoms with van der Waals surface area (Å²) in [7, 11) is 1.49. The molecule has 120 valence electrons. The van der Waals surface area contributed by atoms with Crippen LogP contribution in [0.5, 0.6) is 11.5 Å². The minimum Gasteiger partial charge on any atom is -0.454 e. The van der Waals surface area contributed by atoms with Gasteiger partial charge < -0.3 is 20.7 Å². The number of halogens is 1. The van der Waals surface area contributed by atoms with Crippen molar-refractivity contribution in [1.82, 2.24) is 10.6 Å². The quantitative estimate of drug-likeness (QED) is 0.787. The highest BCUT2D eigenvalue weighted by Crippen LogP contribution is 2.33. The van der Waals surface area contributed by atoms with Gasteiger partial charge in [0.15, 0.2) is 5.75 Å². The smallest absolute Gasteiger partial charge is 0.319 e. The summed E-state index contributed by atoms with van der Waals surface area (Å²) in [6.45, 7) is -0.115. The highest BCUT2D eigenvalue weighted by Gasteiger charge is 2.10. The molecule has 0 aliphatic rings. The number of likely N-dealkylation sites (N-methyl/N-ethyl adjacent to an activating group) is 1. The van der Waals surface area contributed by atoms with Crippen molar-refractivity contribution in [3.63, 3.8) is 0 Å².